The normalized spacial score (nSPS) is 10.4. The second kappa shape index (κ2) is 9.23. The summed E-state index contributed by atoms with van der Waals surface area (Å²) in [6.45, 7) is 4.40. The molecule has 0 saturated heterocycles. The fourth-order valence-corrected chi connectivity index (χ4v) is 2.74. The summed E-state index contributed by atoms with van der Waals surface area (Å²) in [5.41, 5.74) is 2.99. The van der Waals surface area contributed by atoms with Crippen molar-refractivity contribution in [1.29, 1.82) is 0 Å². The van der Waals surface area contributed by atoms with Crippen molar-refractivity contribution in [3.63, 3.8) is 0 Å². The van der Waals surface area contributed by atoms with E-state index in [1.54, 1.807) is 4.90 Å². The Kier molecular flexibility index (Phi) is 7.02. The number of nitrogens with zero attached hydrogens (tertiary/aromatic N) is 1. The molecule has 2 aromatic carbocycles. The van der Waals surface area contributed by atoms with Crippen LogP contribution in [0.25, 0.3) is 0 Å². The smallest absolute Gasteiger partial charge is 0.223 e. The van der Waals surface area contributed by atoms with Crippen molar-refractivity contribution in [3.05, 3.63) is 64.7 Å². The fourth-order valence-electron chi connectivity index (χ4n) is 2.61. The number of benzene rings is 2. The van der Waals surface area contributed by atoms with Gasteiger partial charge in [-0.3, -0.25) is 9.59 Å². The van der Waals surface area contributed by atoms with E-state index in [9.17, 15) is 9.59 Å². The van der Waals surface area contributed by atoms with Crippen molar-refractivity contribution in [2.75, 3.05) is 18.0 Å². The Morgan fingerprint density at radius 2 is 1.76 bits per heavy atom. The first-order valence-electron chi connectivity index (χ1n) is 8.32. The molecule has 2 amide bonds. The van der Waals surface area contributed by atoms with Crippen LogP contribution in [0.15, 0.2) is 48.5 Å². The predicted octanol–water partition coefficient (Wildman–Crippen LogP) is 3.75. The lowest BCUT2D eigenvalue weighted by Crippen LogP contribution is -2.34. The molecule has 0 unspecified atom stereocenters. The molecule has 0 spiro atoms. The van der Waals surface area contributed by atoms with Crippen LogP contribution < -0.4 is 10.2 Å². The third kappa shape index (κ3) is 5.91. The lowest BCUT2D eigenvalue weighted by Gasteiger charge is -2.22. The minimum absolute atomic E-state index is 0.0613. The Morgan fingerprint density at radius 3 is 2.40 bits per heavy atom. The molecule has 1 N–H and O–H groups in total. The van der Waals surface area contributed by atoms with Gasteiger partial charge in [-0.25, -0.2) is 0 Å². The number of hydrogen-bond donors (Lipinski definition) is 1. The summed E-state index contributed by atoms with van der Waals surface area (Å²) in [5, 5.41) is 3.60. The zero-order valence-electron chi connectivity index (χ0n) is 14.6. The number of para-hydroxylation sites is 1. The average molecular weight is 359 g/mol. The van der Waals surface area contributed by atoms with E-state index in [0.717, 1.165) is 23.2 Å². The largest absolute Gasteiger partial charge is 0.356 e. The Morgan fingerprint density at radius 1 is 1.08 bits per heavy atom. The minimum Gasteiger partial charge on any atom is -0.356 e. The van der Waals surface area contributed by atoms with Gasteiger partial charge in [0.15, 0.2) is 0 Å². The molecular weight excluding hydrogens is 336 g/mol. The molecule has 0 aliphatic carbocycles. The first kappa shape index (κ1) is 19.0. The molecule has 0 aliphatic heterocycles. The number of nitrogens with one attached hydrogen (secondary N) is 1. The molecule has 0 bridgehead atoms. The lowest BCUT2D eigenvalue weighted by molar-refractivity contribution is -0.121. The van der Waals surface area contributed by atoms with Crippen LogP contribution in [0.1, 0.15) is 24.5 Å². The topological polar surface area (TPSA) is 49.4 Å². The molecule has 132 valence electrons. The molecule has 0 aromatic heterocycles. The SMILES string of the molecule is CC(=O)N(CCC(=O)NCCc1ccc(Cl)cc1)c1ccccc1C. The van der Waals surface area contributed by atoms with Crippen molar-refractivity contribution in [2.24, 2.45) is 0 Å². The quantitative estimate of drug-likeness (QED) is 0.819. The number of rotatable bonds is 7. The zero-order valence-corrected chi connectivity index (χ0v) is 15.3. The van der Waals surface area contributed by atoms with Crippen LogP contribution in [0.3, 0.4) is 0 Å². The number of amides is 2. The summed E-state index contributed by atoms with van der Waals surface area (Å²) in [6, 6.07) is 15.3. The summed E-state index contributed by atoms with van der Waals surface area (Å²) in [5.74, 6) is -0.128. The standard InChI is InChI=1S/C20H23ClN2O2/c1-15-5-3-4-6-19(15)23(16(2)24)14-12-20(25)22-13-11-17-7-9-18(21)10-8-17/h3-10H,11-14H2,1-2H3,(H,22,25). The van der Waals surface area contributed by atoms with Gasteiger partial charge in [-0.15, -0.1) is 0 Å². The predicted molar refractivity (Wildman–Crippen MR) is 102 cm³/mol. The van der Waals surface area contributed by atoms with Gasteiger partial charge in [-0.2, -0.15) is 0 Å². The van der Waals surface area contributed by atoms with Gasteiger partial charge < -0.3 is 10.2 Å². The van der Waals surface area contributed by atoms with E-state index in [1.165, 1.54) is 6.92 Å². The van der Waals surface area contributed by atoms with Gasteiger partial charge in [0.2, 0.25) is 11.8 Å². The summed E-state index contributed by atoms with van der Waals surface area (Å²) in [6.07, 6.45) is 1.02. The number of carbonyl (C=O) groups is 2. The summed E-state index contributed by atoms with van der Waals surface area (Å²) < 4.78 is 0. The molecule has 0 fully saturated rings. The molecule has 2 rings (SSSR count). The molecular formula is C20H23ClN2O2. The molecule has 0 saturated carbocycles. The number of hydrogen-bond acceptors (Lipinski definition) is 2. The minimum atomic E-state index is -0.0664. The monoisotopic (exact) mass is 358 g/mol. The Balaban J connectivity index is 1.82. The maximum Gasteiger partial charge on any atom is 0.223 e. The van der Waals surface area contributed by atoms with Crippen LogP contribution in [0.2, 0.25) is 5.02 Å². The second-order valence-corrected chi connectivity index (χ2v) is 6.37. The molecule has 0 heterocycles. The van der Waals surface area contributed by atoms with Crippen molar-refractivity contribution in [2.45, 2.75) is 26.7 Å². The second-order valence-electron chi connectivity index (χ2n) is 5.93. The van der Waals surface area contributed by atoms with Crippen molar-refractivity contribution in [1.82, 2.24) is 5.32 Å². The van der Waals surface area contributed by atoms with Gasteiger partial charge >= 0.3 is 0 Å². The van der Waals surface area contributed by atoms with E-state index in [-0.39, 0.29) is 18.2 Å². The average Bonchev–Trinajstić information content (AvgIpc) is 2.58. The number of aryl methyl sites for hydroxylation is 1. The number of anilines is 1. The third-order valence-corrected chi connectivity index (χ3v) is 4.25. The van der Waals surface area contributed by atoms with Crippen LogP contribution >= 0.6 is 11.6 Å². The molecule has 0 atom stereocenters. The molecule has 25 heavy (non-hydrogen) atoms. The molecule has 0 aliphatic rings. The van der Waals surface area contributed by atoms with E-state index >= 15 is 0 Å². The third-order valence-electron chi connectivity index (χ3n) is 4.00. The van der Waals surface area contributed by atoms with E-state index in [4.69, 9.17) is 11.6 Å². The highest BCUT2D eigenvalue weighted by Gasteiger charge is 2.14. The lowest BCUT2D eigenvalue weighted by atomic mass is 10.1. The van der Waals surface area contributed by atoms with Gasteiger partial charge in [0.25, 0.3) is 0 Å². The molecule has 5 heteroatoms. The highest BCUT2D eigenvalue weighted by atomic mass is 35.5. The van der Waals surface area contributed by atoms with Gasteiger partial charge in [0.05, 0.1) is 0 Å². The van der Waals surface area contributed by atoms with Crippen LogP contribution in [-0.2, 0) is 16.0 Å². The molecule has 4 nitrogen and oxygen atoms in total. The van der Waals surface area contributed by atoms with Crippen LogP contribution in [0, 0.1) is 6.92 Å². The van der Waals surface area contributed by atoms with E-state index < -0.39 is 0 Å². The molecule has 2 aromatic rings. The van der Waals surface area contributed by atoms with E-state index in [0.29, 0.717) is 18.1 Å². The van der Waals surface area contributed by atoms with Gasteiger partial charge in [-0.05, 0) is 42.7 Å². The van der Waals surface area contributed by atoms with Crippen molar-refractivity contribution < 1.29 is 9.59 Å². The Hall–Kier alpha value is -2.33. The highest BCUT2D eigenvalue weighted by molar-refractivity contribution is 6.30. The first-order valence-corrected chi connectivity index (χ1v) is 8.70. The van der Waals surface area contributed by atoms with Gasteiger partial charge in [0, 0.05) is 37.1 Å². The number of carbonyl (C=O) groups excluding carboxylic acids is 2. The summed E-state index contributed by atoms with van der Waals surface area (Å²) in [7, 11) is 0. The van der Waals surface area contributed by atoms with Crippen LogP contribution in [0.4, 0.5) is 5.69 Å². The van der Waals surface area contributed by atoms with Crippen molar-refractivity contribution in [3.8, 4) is 0 Å². The van der Waals surface area contributed by atoms with Gasteiger partial charge in [0.1, 0.15) is 0 Å². The zero-order chi connectivity index (χ0) is 18.2. The Labute approximate surface area is 153 Å². The van der Waals surface area contributed by atoms with E-state index in [2.05, 4.69) is 5.32 Å². The van der Waals surface area contributed by atoms with Crippen LogP contribution in [-0.4, -0.2) is 24.9 Å². The summed E-state index contributed by atoms with van der Waals surface area (Å²) >= 11 is 5.85. The van der Waals surface area contributed by atoms with Crippen molar-refractivity contribution >= 4 is 29.1 Å². The maximum atomic E-state index is 12.1. The van der Waals surface area contributed by atoms with E-state index in [1.807, 2.05) is 55.5 Å². The van der Waals surface area contributed by atoms with Crippen LogP contribution in [0.5, 0.6) is 0 Å². The fraction of sp³-hybridized carbons (Fsp3) is 0.300. The summed E-state index contributed by atoms with van der Waals surface area (Å²) in [4.78, 5) is 25.6. The Bertz CT molecular complexity index is 729. The highest BCUT2D eigenvalue weighted by Crippen LogP contribution is 2.19. The number of halogens is 1. The van der Waals surface area contributed by atoms with Gasteiger partial charge in [-0.1, -0.05) is 41.9 Å². The molecule has 0 radical (unpaired) electrons. The first-order chi connectivity index (χ1) is 12.0. The maximum absolute atomic E-state index is 12.1.